The van der Waals surface area contributed by atoms with Crippen molar-refractivity contribution in [3.8, 4) is 0 Å². The lowest BCUT2D eigenvalue weighted by Crippen LogP contribution is -2.58. The van der Waals surface area contributed by atoms with Crippen molar-refractivity contribution in [2.24, 2.45) is 0 Å². The zero-order chi connectivity index (χ0) is 11.2. The predicted molar refractivity (Wildman–Crippen MR) is 65.4 cm³/mol. The fourth-order valence-corrected chi connectivity index (χ4v) is 5.12. The van der Waals surface area contributed by atoms with Gasteiger partial charge in [0.05, 0.1) is 0 Å². The number of cyclic esters (lactones) is 1. The van der Waals surface area contributed by atoms with Crippen LogP contribution in [-0.4, -0.2) is 48.6 Å². The number of halogens is 2. The molecule has 0 aromatic rings. The molecule has 0 aromatic heterocycles. The third-order valence-corrected chi connectivity index (χ3v) is 10.1. The molecule has 0 unspecified atom stereocenters. The third kappa shape index (κ3) is 1.31. The van der Waals surface area contributed by atoms with E-state index in [0.717, 1.165) is 0 Å². The van der Waals surface area contributed by atoms with Gasteiger partial charge in [0, 0.05) is 0 Å². The van der Waals surface area contributed by atoms with E-state index in [4.69, 9.17) is 10.2 Å². The van der Waals surface area contributed by atoms with Gasteiger partial charge in [-0.15, -0.1) is 0 Å². The van der Waals surface area contributed by atoms with Gasteiger partial charge in [-0.2, -0.15) is 0 Å². The lowest BCUT2D eigenvalue weighted by Gasteiger charge is -2.30. The molecule has 1 rings (SSSR count). The average molecular weight is 430 g/mol. The van der Waals surface area contributed by atoms with Gasteiger partial charge in [0.2, 0.25) is 1.43 Å². The molecule has 0 saturated carbocycles. The van der Waals surface area contributed by atoms with Crippen LogP contribution >= 0.6 is 41.5 Å². The molecule has 6 nitrogen and oxygen atoms in total. The molecule has 0 atom stereocenters. The summed E-state index contributed by atoms with van der Waals surface area (Å²) in [7, 11) is 0. The molecule has 1 saturated heterocycles. The van der Waals surface area contributed by atoms with Crippen LogP contribution < -0.4 is 0 Å². The van der Waals surface area contributed by atoms with E-state index in [1.54, 1.807) is 0 Å². The van der Waals surface area contributed by atoms with Crippen LogP contribution in [0, 0.1) is 0 Å². The Morgan fingerprint density at radius 1 is 1.14 bits per heavy atom. The van der Waals surface area contributed by atoms with Crippen LogP contribution in [0.4, 0.5) is 0 Å². The summed E-state index contributed by atoms with van der Waals surface area (Å²) < 4.78 is 9.38. The van der Waals surface area contributed by atoms with Crippen molar-refractivity contribution in [2.75, 3.05) is 0 Å². The standard InChI is InChI=1S/C6H8I2O6/c1-7-4(8-2)3(9)14-6(12,13)5(4,10)11/h10-13H,1-2H2. The van der Waals surface area contributed by atoms with Crippen LogP contribution in [0.1, 0.15) is 0 Å². The highest BCUT2D eigenvalue weighted by atomic mass is 127. The minimum absolute atomic E-state index is 1.04. The number of esters is 1. The molecule has 0 radical (unpaired) electrons. The second-order valence-corrected chi connectivity index (χ2v) is 9.34. The predicted octanol–water partition coefficient (Wildman–Crippen LogP) is -1.64. The Labute approximate surface area is 99.0 Å². The molecule has 0 aromatic carbocycles. The molecular formula is C6H8I2O6. The van der Waals surface area contributed by atoms with Crippen LogP contribution in [0.25, 0.3) is 0 Å². The molecule has 1 fully saturated rings. The van der Waals surface area contributed by atoms with Gasteiger partial charge in [-0.3, -0.25) is 0 Å². The summed E-state index contributed by atoms with van der Waals surface area (Å²) in [6.07, 6.45) is 0. The molecule has 8 heteroatoms. The van der Waals surface area contributed by atoms with Crippen LogP contribution in [0.3, 0.4) is 0 Å². The first-order valence-electron chi connectivity index (χ1n) is 3.17. The zero-order valence-electron chi connectivity index (χ0n) is 6.78. The molecule has 82 valence electrons. The maximum atomic E-state index is 11.3. The summed E-state index contributed by atoms with van der Waals surface area (Å²) in [6.45, 7) is 0. The first kappa shape index (κ1) is 12.6. The molecular weight excluding hydrogens is 422 g/mol. The van der Waals surface area contributed by atoms with E-state index in [-0.39, 0.29) is 0 Å². The van der Waals surface area contributed by atoms with Crippen LogP contribution in [-0.2, 0) is 9.53 Å². The minimum Gasteiger partial charge on any atom is -0.402 e. The monoisotopic (exact) mass is 430 g/mol. The van der Waals surface area contributed by atoms with Crippen molar-refractivity contribution < 1.29 is 30.0 Å². The quantitative estimate of drug-likeness (QED) is 0.182. The molecule has 0 amide bonds. The Balaban J connectivity index is 3.40. The smallest absolute Gasteiger partial charge is 0.384 e. The van der Waals surface area contributed by atoms with Gasteiger partial charge < -0.3 is 25.2 Å². The zero-order valence-corrected chi connectivity index (χ0v) is 11.1. The molecule has 0 spiro atoms. The summed E-state index contributed by atoms with van der Waals surface area (Å²) in [5, 5.41) is 37.1. The number of carbonyl (C=O) groups excluding carboxylic acids is 1. The number of ether oxygens (including phenoxy) is 1. The Kier molecular flexibility index (Phi) is 3.16. The molecule has 1 aliphatic heterocycles. The van der Waals surface area contributed by atoms with Crippen molar-refractivity contribution in [3.63, 3.8) is 0 Å². The number of rotatable bonds is 2. The van der Waals surface area contributed by atoms with Crippen LogP contribution in [0.2, 0.25) is 0 Å². The van der Waals surface area contributed by atoms with Crippen molar-refractivity contribution >= 4 is 56.5 Å². The Hall–Kier alpha value is 0.510. The normalized spacial score (nSPS) is 27.3. The van der Waals surface area contributed by atoms with Gasteiger partial charge in [0.15, 0.2) is 0 Å². The van der Waals surface area contributed by atoms with E-state index in [1.165, 1.54) is 0 Å². The van der Waals surface area contributed by atoms with E-state index < -0.39 is 60.6 Å². The first-order valence-corrected chi connectivity index (χ1v) is 8.38. The fraction of sp³-hybridized carbons (Fsp3) is 0.500. The third-order valence-electron chi connectivity index (χ3n) is 1.75. The molecule has 14 heavy (non-hydrogen) atoms. The highest BCUT2D eigenvalue weighted by Crippen LogP contribution is 2.53. The Bertz CT molecular complexity index is 301. The topological polar surface area (TPSA) is 107 Å². The van der Waals surface area contributed by atoms with E-state index in [9.17, 15) is 15.0 Å². The van der Waals surface area contributed by atoms with E-state index in [0.29, 0.717) is 0 Å². The maximum absolute atomic E-state index is 11.3. The van der Waals surface area contributed by atoms with Crippen LogP contribution in [0.5, 0.6) is 0 Å². The molecule has 1 aliphatic rings. The van der Waals surface area contributed by atoms with Gasteiger partial charge in [0.1, 0.15) is 0 Å². The second-order valence-electron chi connectivity index (χ2n) is 2.51. The summed E-state index contributed by atoms with van der Waals surface area (Å²) in [4.78, 5) is 11.3. The van der Waals surface area contributed by atoms with Crippen molar-refractivity contribution in [2.45, 2.75) is 13.2 Å². The lowest BCUT2D eigenvalue weighted by atomic mass is 10.2. The average Bonchev–Trinajstić information content (AvgIpc) is 2.17. The van der Waals surface area contributed by atoms with Crippen molar-refractivity contribution in [3.05, 3.63) is 0 Å². The fourth-order valence-electron chi connectivity index (χ4n) is 0.942. The first-order chi connectivity index (χ1) is 6.25. The molecule has 1 heterocycles. The summed E-state index contributed by atoms with van der Waals surface area (Å²) in [6, 6.07) is 0. The SMILES string of the molecule is C=IC1(I=C)C(=O)OC(O)(O)C1(O)O. The van der Waals surface area contributed by atoms with E-state index in [1.807, 2.05) is 0 Å². The van der Waals surface area contributed by atoms with Gasteiger partial charge in [0.25, 0.3) is 5.79 Å². The summed E-state index contributed by atoms with van der Waals surface area (Å²) in [5.41, 5.74) is 0. The number of alkyl halides is 2. The number of hydrogen-bond acceptors (Lipinski definition) is 6. The molecule has 0 aliphatic carbocycles. The Morgan fingerprint density at radius 3 is 1.71 bits per heavy atom. The van der Waals surface area contributed by atoms with E-state index in [2.05, 4.69) is 13.8 Å². The number of aliphatic hydroxyl groups is 4. The van der Waals surface area contributed by atoms with E-state index >= 15 is 0 Å². The summed E-state index contributed by atoms with van der Waals surface area (Å²) in [5.74, 6) is -7.32. The van der Waals surface area contributed by atoms with Gasteiger partial charge >= 0.3 is 11.9 Å². The minimum atomic E-state index is -3.26. The summed E-state index contributed by atoms with van der Waals surface area (Å²) >= 11 is -2.46. The van der Waals surface area contributed by atoms with Gasteiger partial charge in [-0.25, -0.2) is 4.79 Å². The second kappa shape index (κ2) is 3.52. The highest BCUT2D eigenvalue weighted by molar-refractivity contribution is 14.3. The van der Waals surface area contributed by atoms with Gasteiger partial charge in [-0.05, 0) is 0 Å². The maximum Gasteiger partial charge on any atom is 0.384 e. The Morgan fingerprint density at radius 2 is 1.57 bits per heavy atom. The number of carbonyl (C=O) groups is 1. The molecule has 0 bridgehead atoms. The van der Waals surface area contributed by atoms with Gasteiger partial charge in [-0.1, -0.05) is 50.5 Å². The van der Waals surface area contributed by atoms with Crippen LogP contribution in [0.15, 0.2) is 0 Å². The number of hydrogen-bond donors (Lipinski definition) is 4. The lowest BCUT2D eigenvalue weighted by molar-refractivity contribution is -0.418. The van der Waals surface area contributed by atoms with Crippen molar-refractivity contribution in [1.82, 2.24) is 0 Å². The largest absolute Gasteiger partial charge is 0.402 e. The highest BCUT2D eigenvalue weighted by Gasteiger charge is 2.74. The molecule has 4 N–H and O–H groups in total. The van der Waals surface area contributed by atoms with Crippen molar-refractivity contribution in [1.29, 1.82) is 0 Å².